The van der Waals surface area contributed by atoms with E-state index in [9.17, 15) is 0 Å². The van der Waals surface area contributed by atoms with Gasteiger partial charge in [0.1, 0.15) is 0 Å². The van der Waals surface area contributed by atoms with Gasteiger partial charge < -0.3 is 9.47 Å². The Kier molecular flexibility index (Phi) is 8.41. The highest BCUT2D eigenvalue weighted by Crippen LogP contribution is 2.48. The van der Waals surface area contributed by atoms with Gasteiger partial charge in [-0.1, -0.05) is 182 Å². The number of nitrogens with zero attached hydrogens (tertiary/aromatic N) is 2. The van der Waals surface area contributed by atoms with Crippen LogP contribution >= 0.6 is 0 Å². The number of fused-ring (bicyclic) bond motifs is 7. The van der Waals surface area contributed by atoms with E-state index >= 15 is 0 Å². The van der Waals surface area contributed by atoms with Gasteiger partial charge in [0.05, 0.1) is 11.2 Å². The number of anilines is 3. The normalized spacial score (nSPS) is 11.5. The average molecular weight is 753 g/mol. The molecule has 11 rings (SSSR count). The maximum absolute atomic E-state index is 2.42. The molecule has 0 aliphatic rings. The number of rotatable bonds is 7. The molecule has 2 heteroatoms. The maximum Gasteiger partial charge on any atom is 0.0575 e. The van der Waals surface area contributed by atoms with Gasteiger partial charge in [0.2, 0.25) is 0 Å². The van der Waals surface area contributed by atoms with E-state index in [4.69, 9.17) is 0 Å². The van der Waals surface area contributed by atoms with Crippen molar-refractivity contribution in [3.8, 4) is 44.6 Å². The molecule has 10 aromatic carbocycles. The minimum Gasteiger partial charge on any atom is -0.343 e. The summed E-state index contributed by atoms with van der Waals surface area (Å²) in [6.07, 6.45) is 0. The van der Waals surface area contributed by atoms with Crippen molar-refractivity contribution in [1.82, 2.24) is 4.57 Å². The second-order valence-corrected chi connectivity index (χ2v) is 15.4. The number of aryl methyl sites for hydroxylation is 1. The van der Waals surface area contributed by atoms with Crippen LogP contribution in [0.1, 0.15) is 0 Å². The van der Waals surface area contributed by atoms with Crippen LogP contribution in [0.15, 0.2) is 224 Å². The Balaban J connectivity index is 1.13. The monoisotopic (exact) mass is 752 g/mol. The Morgan fingerprint density at radius 2 is 0.814 bits per heavy atom. The molecule has 0 saturated heterocycles. The van der Waals surface area contributed by atoms with Crippen LogP contribution in [0.2, 0.25) is 0 Å². The minimum atomic E-state index is 1.10. The van der Waals surface area contributed by atoms with Crippen LogP contribution in [-0.4, -0.2) is 4.57 Å². The molecule has 0 aliphatic carbocycles. The van der Waals surface area contributed by atoms with Crippen molar-refractivity contribution in [2.75, 3.05) is 4.90 Å². The lowest BCUT2D eigenvalue weighted by atomic mass is 9.92. The summed E-state index contributed by atoms with van der Waals surface area (Å²) in [5, 5.41) is 8.72. The Hall–Kier alpha value is -7.68. The van der Waals surface area contributed by atoms with Crippen molar-refractivity contribution >= 4 is 60.3 Å². The van der Waals surface area contributed by atoms with Gasteiger partial charge in [-0.25, -0.2) is 0 Å². The van der Waals surface area contributed by atoms with E-state index in [0.29, 0.717) is 0 Å². The van der Waals surface area contributed by atoms with Gasteiger partial charge in [0, 0.05) is 40.4 Å². The van der Waals surface area contributed by atoms with E-state index in [1.54, 1.807) is 0 Å². The van der Waals surface area contributed by atoms with Gasteiger partial charge in [-0.05, 0) is 103 Å². The molecule has 1 aromatic heterocycles. The molecule has 0 atom stereocenters. The zero-order valence-electron chi connectivity index (χ0n) is 32.8. The first-order valence-electron chi connectivity index (χ1n) is 20.3. The Morgan fingerprint density at radius 3 is 1.47 bits per heavy atom. The third kappa shape index (κ3) is 5.97. The van der Waals surface area contributed by atoms with Crippen LogP contribution in [0.5, 0.6) is 0 Å². The van der Waals surface area contributed by atoms with E-state index in [1.165, 1.54) is 87.9 Å². The van der Waals surface area contributed by atoms with E-state index in [0.717, 1.165) is 17.1 Å². The third-order valence-electron chi connectivity index (χ3n) is 11.9. The fourth-order valence-electron chi connectivity index (χ4n) is 9.17. The van der Waals surface area contributed by atoms with Gasteiger partial charge in [-0.15, -0.1) is 0 Å². The molecule has 1 heterocycles. The summed E-state index contributed by atoms with van der Waals surface area (Å²) in [7, 11) is 2.23. The van der Waals surface area contributed by atoms with Crippen molar-refractivity contribution in [3.63, 3.8) is 0 Å². The van der Waals surface area contributed by atoms with Crippen LogP contribution < -0.4 is 4.90 Å². The lowest BCUT2D eigenvalue weighted by Crippen LogP contribution is -2.10. The zero-order chi connectivity index (χ0) is 39.3. The summed E-state index contributed by atoms with van der Waals surface area (Å²) in [6, 6.07) is 81.6. The van der Waals surface area contributed by atoms with Crippen LogP contribution in [0.4, 0.5) is 17.1 Å². The number of benzene rings is 10. The Morgan fingerprint density at radius 1 is 0.322 bits per heavy atom. The lowest BCUT2D eigenvalue weighted by molar-refractivity contribution is 0.983. The Bertz CT molecular complexity index is 3290. The summed E-state index contributed by atoms with van der Waals surface area (Å²) in [5.74, 6) is 0. The number of hydrogen-bond acceptors (Lipinski definition) is 1. The lowest BCUT2D eigenvalue weighted by Gasteiger charge is -2.26. The standard InChI is InChI=1S/C57H40N2/c1-58-56(44-20-9-4-10-21-44)54(43-18-7-3-8-19-43)55-51-36-35-49(38-53(51)50-23-13-14-24-52(50)57(55)58)59(47-31-27-41(28-32-47)39-15-5-2-6-16-39)48-33-29-42(30-34-48)46-26-25-40-17-11-12-22-45(40)37-46/h2-38H,1H3. The largest absolute Gasteiger partial charge is 0.343 e. The van der Waals surface area contributed by atoms with Crippen LogP contribution in [0.3, 0.4) is 0 Å². The summed E-state index contributed by atoms with van der Waals surface area (Å²) in [4.78, 5) is 2.40. The molecular weight excluding hydrogens is 713 g/mol. The van der Waals surface area contributed by atoms with Crippen molar-refractivity contribution in [3.05, 3.63) is 224 Å². The summed E-state index contributed by atoms with van der Waals surface area (Å²) in [5.41, 5.74) is 14.3. The SMILES string of the molecule is Cn1c(-c2ccccc2)c(-c2ccccc2)c2c3ccc(N(c4ccc(-c5ccccc5)cc4)c4ccc(-c5ccc6ccccc6c5)cc4)cc3c3ccccc3c21. The fourth-order valence-corrected chi connectivity index (χ4v) is 9.17. The van der Waals surface area contributed by atoms with E-state index in [1.807, 2.05) is 0 Å². The van der Waals surface area contributed by atoms with Gasteiger partial charge in [-0.3, -0.25) is 0 Å². The van der Waals surface area contributed by atoms with Crippen molar-refractivity contribution < 1.29 is 0 Å². The van der Waals surface area contributed by atoms with E-state index in [2.05, 4.69) is 241 Å². The van der Waals surface area contributed by atoms with E-state index < -0.39 is 0 Å². The quantitative estimate of drug-likeness (QED) is 0.147. The molecule has 2 nitrogen and oxygen atoms in total. The predicted molar refractivity (Wildman–Crippen MR) is 252 cm³/mol. The van der Waals surface area contributed by atoms with Crippen molar-refractivity contribution in [2.45, 2.75) is 0 Å². The van der Waals surface area contributed by atoms with Gasteiger partial charge >= 0.3 is 0 Å². The molecular formula is C57H40N2. The van der Waals surface area contributed by atoms with Crippen molar-refractivity contribution in [1.29, 1.82) is 0 Å². The Labute approximate surface area is 344 Å². The average Bonchev–Trinajstić information content (AvgIpc) is 3.63. The molecule has 0 unspecified atom stereocenters. The predicted octanol–water partition coefficient (Wildman–Crippen LogP) is 15.8. The van der Waals surface area contributed by atoms with Crippen LogP contribution in [-0.2, 0) is 7.05 Å². The van der Waals surface area contributed by atoms with Crippen LogP contribution in [0.25, 0.3) is 87.9 Å². The third-order valence-corrected chi connectivity index (χ3v) is 11.9. The summed E-state index contributed by atoms with van der Waals surface area (Å²) in [6.45, 7) is 0. The molecule has 0 bridgehead atoms. The second-order valence-electron chi connectivity index (χ2n) is 15.4. The smallest absolute Gasteiger partial charge is 0.0575 e. The first kappa shape index (κ1) is 34.6. The topological polar surface area (TPSA) is 8.17 Å². The molecule has 0 amide bonds. The molecule has 0 fully saturated rings. The van der Waals surface area contributed by atoms with Gasteiger partial charge in [0.15, 0.2) is 0 Å². The van der Waals surface area contributed by atoms with E-state index in [-0.39, 0.29) is 0 Å². The molecule has 59 heavy (non-hydrogen) atoms. The number of hydrogen-bond donors (Lipinski definition) is 0. The maximum atomic E-state index is 2.42. The molecule has 278 valence electrons. The fraction of sp³-hybridized carbons (Fsp3) is 0.0175. The molecule has 0 spiro atoms. The highest BCUT2D eigenvalue weighted by atomic mass is 15.1. The minimum absolute atomic E-state index is 1.10. The summed E-state index contributed by atoms with van der Waals surface area (Å²) >= 11 is 0. The second kappa shape index (κ2) is 14.4. The van der Waals surface area contributed by atoms with Crippen LogP contribution in [0, 0.1) is 0 Å². The highest BCUT2D eigenvalue weighted by molar-refractivity contribution is 6.30. The molecule has 11 aromatic rings. The number of aromatic nitrogens is 1. The van der Waals surface area contributed by atoms with Gasteiger partial charge in [0.25, 0.3) is 0 Å². The highest BCUT2D eigenvalue weighted by Gasteiger charge is 2.24. The summed E-state index contributed by atoms with van der Waals surface area (Å²) < 4.78 is 2.42. The molecule has 0 radical (unpaired) electrons. The van der Waals surface area contributed by atoms with Gasteiger partial charge in [-0.2, -0.15) is 0 Å². The van der Waals surface area contributed by atoms with Crippen molar-refractivity contribution in [2.24, 2.45) is 7.05 Å². The molecule has 0 N–H and O–H groups in total. The molecule has 0 aliphatic heterocycles. The first-order chi connectivity index (χ1) is 29.2. The zero-order valence-corrected chi connectivity index (χ0v) is 32.8. The molecule has 0 saturated carbocycles. The first-order valence-corrected chi connectivity index (χ1v) is 20.3.